The third kappa shape index (κ3) is 5.41. The number of methoxy groups -OCH3 is 2. The van der Waals surface area contributed by atoms with Crippen molar-refractivity contribution >= 4 is 5.91 Å². The van der Waals surface area contributed by atoms with E-state index < -0.39 is 0 Å². The van der Waals surface area contributed by atoms with Crippen molar-refractivity contribution in [2.45, 2.75) is 6.42 Å². The van der Waals surface area contributed by atoms with Crippen LogP contribution in [0.3, 0.4) is 0 Å². The van der Waals surface area contributed by atoms with Gasteiger partial charge in [0.25, 0.3) is 5.91 Å². The standard InChI is InChI=1S/C27H26N3O3/c1-32-23-10-6-19(7-11-23)26(20-8-12-24(33-2)13-9-20)21-4-3-5-22(18-21)27(31)30-15-14-25-28-16-17-29-25/h3-13,16-18H,14-15H2,1-2H3,(H,28,29)(H,30,31). The molecule has 6 nitrogen and oxygen atoms in total. The van der Waals surface area contributed by atoms with E-state index in [2.05, 4.69) is 15.3 Å². The maximum Gasteiger partial charge on any atom is 0.251 e. The van der Waals surface area contributed by atoms with Crippen molar-refractivity contribution in [3.05, 3.63) is 119 Å². The van der Waals surface area contributed by atoms with Crippen LogP contribution in [-0.2, 0) is 6.42 Å². The van der Waals surface area contributed by atoms with Crippen LogP contribution in [0.1, 0.15) is 32.9 Å². The molecule has 0 fully saturated rings. The highest BCUT2D eigenvalue weighted by molar-refractivity contribution is 5.94. The van der Waals surface area contributed by atoms with Crippen LogP contribution < -0.4 is 14.8 Å². The normalized spacial score (nSPS) is 10.8. The average molecular weight is 441 g/mol. The summed E-state index contributed by atoms with van der Waals surface area (Å²) in [6, 6.07) is 23.5. The minimum atomic E-state index is -0.118. The van der Waals surface area contributed by atoms with Crippen LogP contribution in [0.5, 0.6) is 11.5 Å². The second-order valence-corrected chi connectivity index (χ2v) is 7.45. The van der Waals surface area contributed by atoms with Gasteiger partial charge in [0.15, 0.2) is 0 Å². The molecule has 4 rings (SSSR count). The molecule has 1 aromatic heterocycles. The topological polar surface area (TPSA) is 76.2 Å². The Morgan fingerprint density at radius 3 is 2.00 bits per heavy atom. The number of aromatic nitrogens is 2. The highest BCUT2D eigenvalue weighted by Crippen LogP contribution is 2.33. The number of ether oxygens (including phenoxy) is 2. The number of amides is 1. The Balaban J connectivity index is 1.61. The Hall–Kier alpha value is -4.06. The number of rotatable bonds is 9. The lowest BCUT2D eigenvalue weighted by atomic mass is 9.84. The summed E-state index contributed by atoms with van der Waals surface area (Å²) < 4.78 is 10.6. The van der Waals surface area contributed by atoms with E-state index in [9.17, 15) is 4.79 Å². The van der Waals surface area contributed by atoms with Gasteiger partial charge >= 0.3 is 0 Å². The van der Waals surface area contributed by atoms with Gasteiger partial charge in [0, 0.05) is 30.9 Å². The first kappa shape index (κ1) is 22.1. The van der Waals surface area contributed by atoms with Crippen molar-refractivity contribution < 1.29 is 14.3 Å². The molecule has 0 aliphatic heterocycles. The first-order valence-electron chi connectivity index (χ1n) is 10.7. The molecule has 3 aromatic carbocycles. The quantitative estimate of drug-likeness (QED) is 0.378. The summed E-state index contributed by atoms with van der Waals surface area (Å²) in [7, 11) is 3.30. The van der Waals surface area contributed by atoms with Crippen LogP contribution in [0.2, 0.25) is 0 Å². The number of carbonyl (C=O) groups is 1. The molecule has 0 spiro atoms. The first-order valence-corrected chi connectivity index (χ1v) is 10.7. The predicted octanol–water partition coefficient (Wildman–Crippen LogP) is 4.42. The summed E-state index contributed by atoms with van der Waals surface area (Å²) in [5, 5.41) is 2.97. The van der Waals surface area contributed by atoms with Crippen molar-refractivity contribution in [3.8, 4) is 11.5 Å². The average Bonchev–Trinajstić information content (AvgIpc) is 3.39. The lowest BCUT2D eigenvalue weighted by Gasteiger charge is -2.19. The minimum absolute atomic E-state index is 0.118. The maximum atomic E-state index is 12.8. The zero-order valence-electron chi connectivity index (χ0n) is 18.7. The number of nitrogens with zero attached hydrogens (tertiary/aromatic N) is 1. The van der Waals surface area contributed by atoms with Gasteiger partial charge in [-0.1, -0.05) is 36.4 Å². The van der Waals surface area contributed by atoms with Crippen LogP contribution in [-0.4, -0.2) is 36.6 Å². The van der Waals surface area contributed by atoms with Crippen molar-refractivity contribution in [1.82, 2.24) is 15.3 Å². The van der Waals surface area contributed by atoms with Crippen LogP contribution in [0.4, 0.5) is 0 Å². The Bertz CT molecular complexity index is 1120. The number of carbonyl (C=O) groups excluding carboxylic acids is 1. The number of benzene rings is 3. The number of hydrogen-bond acceptors (Lipinski definition) is 4. The molecule has 0 aliphatic carbocycles. The molecular weight excluding hydrogens is 414 g/mol. The molecule has 167 valence electrons. The summed E-state index contributed by atoms with van der Waals surface area (Å²) in [6.45, 7) is 0.504. The summed E-state index contributed by atoms with van der Waals surface area (Å²) >= 11 is 0. The molecule has 0 unspecified atom stereocenters. The summed E-state index contributed by atoms with van der Waals surface area (Å²) in [4.78, 5) is 20.0. The van der Waals surface area contributed by atoms with Gasteiger partial charge < -0.3 is 19.8 Å². The molecule has 1 heterocycles. The lowest BCUT2D eigenvalue weighted by molar-refractivity contribution is 0.0954. The zero-order valence-corrected chi connectivity index (χ0v) is 18.7. The molecule has 0 atom stereocenters. The third-order valence-electron chi connectivity index (χ3n) is 5.37. The molecule has 6 heteroatoms. The fourth-order valence-electron chi connectivity index (χ4n) is 3.66. The van der Waals surface area contributed by atoms with Gasteiger partial charge in [0.2, 0.25) is 0 Å². The van der Waals surface area contributed by atoms with Gasteiger partial charge in [-0.25, -0.2) is 4.98 Å². The van der Waals surface area contributed by atoms with E-state index in [1.54, 1.807) is 26.6 Å². The molecule has 0 saturated carbocycles. The van der Waals surface area contributed by atoms with E-state index in [-0.39, 0.29) is 5.91 Å². The Morgan fingerprint density at radius 1 is 0.848 bits per heavy atom. The Kier molecular flexibility index (Phi) is 7.05. The monoisotopic (exact) mass is 440 g/mol. The van der Waals surface area contributed by atoms with E-state index in [1.807, 2.05) is 72.8 Å². The maximum absolute atomic E-state index is 12.8. The van der Waals surface area contributed by atoms with Gasteiger partial charge in [0.1, 0.15) is 17.3 Å². The van der Waals surface area contributed by atoms with Gasteiger partial charge in [-0.15, -0.1) is 0 Å². The number of imidazole rings is 1. The minimum Gasteiger partial charge on any atom is -0.497 e. The van der Waals surface area contributed by atoms with Crippen molar-refractivity contribution in [2.75, 3.05) is 20.8 Å². The van der Waals surface area contributed by atoms with Crippen LogP contribution >= 0.6 is 0 Å². The molecule has 0 saturated heterocycles. The fourth-order valence-corrected chi connectivity index (χ4v) is 3.66. The van der Waals surface area contributed by atoms with Crippen molar-refractivity contribution in [2.24, 2.45) is 0 Å². The molecule has 1 amide bonds. The van der Waals surface area contributed by atoms with E-state index in [1.165, 1.54) is 0 Å². The largest absolute Gasteiger partial charge is 0.497 e. The number of hydrogen-bond donors (Lipinski definition) is 2. The highest BCUT2D eigenvalue weighted by atomic mass is 16.5. The summed E-state index contributed by atoms with van der Waals surface area (Å²) in [5.74, 6) is 3.33. The second-order valence-electron chi connectivity index (χ2n) is 7.45. The van der Waals surface area contributed by atoms with Gasteiger partial charge in [-0.05, 0) is 53.1 Å². The molecule has 33 heavy (non-hydrogen) atoms. The van der Waals surface area contributed by atoms with Crippen LogP contribution in [0, 0.1) is 5.92 Å². The number of H-pyrrole nitrogens is 1. The Morgan fingerprint density at radius 2 is 1.45 bits per heavy atom. The number of aromatic amines is 1. The van der Waals surface area contributed by atoms with Crippen LogP contribution in [0.15, 0.2) is 85.2 Å². The molecule has 4 aromatic rings. The molecular formula is C27H26N3O3. The summed E-state index contributed by atoms with van der Waals surface area (Å²) in [5.41, 5.74) is 3.60. The summed E-state index contributed by atoms with van der Waals surface area (Å²) in [6.07, 6.45) is 4.13. The van der Waals surface area contributed by atoms with E-state index in [0.717, 1.165) is 39.9 Å². The SMILES string of the molecule is COc1ccc([C](c2ccc(OC)cc2)c2cccc(C(=O)NCCc3ncc[nH]3)c2)cc1. The van der Waals surface area contributed by atoms with Crippen LogP contribution in [0.25, 0.3) is 0 Å². The molecule has 0 bridgehead atoms. The second kappa shape index (κ2) is 10.5. The fraction of sp³-hybridized carbons (Fsp3) is 0.148. The molecule has 1 radical (unpaired) electrons. The van der Waals surface area contributed by atoms with Gasteiger partial charge in [-0.2, -0.15) is 0 Å². The highest BCUT2D eigenvalue weighted by Gasteiger charge is 2.19. The van der Waals surface area contributed by atoms with Crippen molar-refractivity contribution in [1.29, 1.82) is 0 Å². The van der Waals surface area contributed by atoms with E-state index in [0.29, 0.717) is 18.5 Å². The van der Waals surface area contributed by atoms with E-state index in [4.69, 9.17) is 9.47 Å². The smallest absolute Gasteiger partial charge is 0.251 e. The van der Waals surface area contributed by atoms with Gasteiger partial charge in [0.05, 0.1) is 20.1 Å². The lowest BCUT2D eigenvalue weighted by Crippen LogP contribution is -2.26. The predicted molar refractivity (Wildman–Crippen MR) is 128 cm³/mol. The molecule has 2 N–H and O–H groups in total. The number of nitrogens with one attached hydrogen (secondary N) is 2. The van der Waals surface area contributed by atoms with Crippen molar-refractivity contribution in [3.63, 3.8) is 0 Å². The van der Waals surface area contributed by atoms with E-state index >= 15 is 0 Å². The third-order valence-corrected chi connectivity index (χ3v) is 5.37. The van der Waals surface area contributed by atoms with Gasteiger partial charge in [-0.3, -0.25) is 4.79 Å². The Labute approximate surface area is 193 Å². The zero-order chi connectivity index (χ0) is 23.0. The molecule has 0 aliphatic rings. The first-order chi connectivity index (χ1) is 16.2.